The summed E-state index contributed by atoms with van der Waals surface area (Å²) in [4.78, 5) is 16.7. The number of anilines is 1. The number of carbonyl (C=O) groups is 1. The lowest BCUT2D eigenvalue weighted by Crippen LogP contribution is -2.23. The SMILES string of the molecule is O=C(NCc1nc(-c2ccccc2)no1)c1cccc(S(=O)(=O)Nc2ccccc2)c1. The average Bonchev–Trinajstić information content (AvgIpc) is 3.28. The summed E-state index contributed by atoms with van der Waals surface area (Å²) in [6, 6.07) is 23.6. The number of sulfonamides is 1. The van der Waals surface area contributed by atoms with E-state index >= 15 is 0 Å². The van der Waals surface area contributed by atoms with E-state index in [0.717, 1.165) is 5.56 Å². The van der Waals surface area contributed by atoms with Gasteiger partial charge in [0.05, 0.1) is 11.4 Å². The fourth-order valence-corrected chi connectivity index (χ4v) is 3.92. The molecule has 2 N–H and O–H groups in total. The predicted octanol–water partition coefficient (Wildman–Crippen LogP) is 3.47. The Morgan fingerprint density at radius 2 is 1.61 bits per heavy atom. The van der Waals surface area contributed by atoms with Crippen LogP contribution in [0, 0.1) is 0 Å². The van der Waals surface area contributed by atoms with Crippen LogP contribution in [0.1, 0.15) is 16.2 Å². The van der Waals surface area contributed by atoms with Crippen molar-refractivity contribution in [1.82, 2.24) is 15.5 Å². The number of nitrogens with zero attached hydrogens (tertiary/aromatic N) is 2. The molecule has 4 aromatic rings. The molecule has 1 amide bonds. The van der Waals surface area contributed by atoms with E-state index in [2.05, 4.69) is 20.2 Å². The van der Waals surface area contributed by atoms with Crippen LogP contribution < -0.4 is 10.0 Å². The fraction of sp³-hybridized carbons (Fsp3) is 0.0455. The van der Waals surface area contributed by atoms with Gasteiger partial charge in [-0.25, -0.2) is 8.42 Å². The molecule has 0 bridgehead atoms. The lowest BCUT2D eigenvalue weighted by Gasteiger charge is -2.09. The van der Waals surface area contributed by atoms with Crippen molar-refractivity contribution in [3.05, 3.63) is 96.4 Å². The number of aromatic nitrogens is 2. The van der Waals surface area contributed by atoms with Crippen LogP contribution in [0.2, 0.25) is 0 Å². The minimum Gasteiger partial charge on any atom is -0.343 e. The molecule has 4 rings (SSSR count). The Morgan fingerprint density at radius 1 is 0.903 bits per heavy atom. The molecule has 156 valence electrons. The van der Waals surface area contributed by atoms with E-state index in [1.807, 2.05) is 30.3 Å². The molecule has 0 radical (unpaired) electrons. The van der Waals surface area contributed by atoms with Gasteiger partial charge < -0.3 is 9.84 Å². The number of para-hydroxylation sites is 1. The lowest BCUT2D eigenvalue weighted by molar-refractivity contribution is 0.0946. The lowest BCUT2D eigenvalue weighted by atomic mass is 10.2. The largest absolute Gasteiger partial charge is 0.343 e. The molecular weight excluding hydrogens is 416 g/mol. The Bertz CT molecular complexity index is 1290. The topological polar surface area (TPSA) is 114 Å². The van der Waals surface area contributed by atoms with Crippen LogP contribution in [0.15, 0.2) is 94.3 Å². The normalized spacial score (nSPS) is 11.1. The first kappa shape index (κ1) is 20.3. The molecule has 0 spiro atoms. The zero-order valence-corrected chi connectivity index (χ0v) is 17.0. The van der Waals surface area contributed by atoms with Gasteiger partial charge in [0.1, 0.15) is 0 Å². The quantitative estimate of drug-likeness (QED) is 0.460. The van der Waals surface area contributed by atoms with Crippen LogP contribution in [0.4, 0.5) is 5.69 Å². The number of amides is 1. The molecule has 0 unspecified atom stereocenters. The third-order valence-electron chi connectivity index (χ3n) is 4.33. The minimum atomic E-state index is -3.83. The smallest absolute Gasteiger partial charge is 0.261 e. The van der Waals surface area contributed by atoms with Crippen molar-refractivity contribution < 1.29 is 17.7 Å². The maximum atomic E-state index is 12.6. The highest BCUT2D eigenvalue weighted by Gasteiger charge is 2.17. The van der Waals surface area contributed by atoms with Crippen molar-refractivity contribution >= 4 is 21.6 Å². The van der Waals surface area contributed by atoms with Gasteiger partial charge in [0.15, 0.2) is 0 Å². The Kier molecular flexibility index (Phi) is 5.76. The van der Waals surface area contributed by atoms with Gasteiger partial charge in [-0.3, -0.25) is 9.52 Å². The Morgan fingerprint density at radius 3 is 2.35 bits per heavy atom. The summed E-state index contributed by atoms with van der Waals surface area (Å²) in [5, 5.41) is 6.56. The summed E-state index contributed by atoms with van der Waals surface area (Å²) in [6.07, 6.45) is 0. The number of carbonyl (C=O) groups excluding carboxylic acids is 1. The first-order valence-electron chi connectivity index (χ1n) is 9.35. The van der Waals surface area contributed by atoms with Gasteiger partial charge in [0, 0.05) is 16.8 Å². The van der Waals surface area contributed by atoms with Crippen molar-refractivity contribution in [2.45, 2.75) is 11.4 Å². The standard InChI is InChI=1S/C22H18N4O4S/c27-22(23-15-20-24-21(25-30-20)16-8-3-1-4-9-16)17-10-7-13-19(14-17)31(28,29)26-18-11-5-2-6-12-18/h1-14,26H,15H2,(H,23,27). The maximum Gasteiger partial charge on any atom is 0.261 e. The van der Waals surface area contributed by atoms with Gasteiger partial charge in [0.2, 0.25) is 11.7 Å². The molecule has 3 aromatic carbocycles. The highest BCUT2D eigenvalue weighted by Crippen LogP contribution is 2.17. The minimum absolute atomic E-state index is 0.0118. The van der Waals surface area contributed by atoms with Gasteiger partial charge in [-0.15, -0.1) is 0 Å². The number of hydrogen-bond donors (Lipinski definition) is 2. The van der Waals surface area contributed by atoms with Gasteiger partial charge >= 0.3 is 0 Å². The summed E-state index contributed by atoms with van der Waals surface area (Å²) in [5.41, 5.74) is 1.43. The van der Waals surface area contributed by atoms with Gasteiger partial charge in [-0.05, 0) is 30.3 Å². The molecule has 0 aliphatic heterocycles. The summed E-state index contributed by atoms with van der Waals surface area (Å²) < 4.78 is 32.9. The molecule has 0 fully saturated rings. The zero-order valence-electron chi connectivity index (χ0n) is 16.2. The van der Waals surface area contributed by atoms with Crippen molar-refractivity contribution in [3.8, 4) is 11.4 Å². The molecule has 0 atom stereocenters. The van der Waals surface area contributed by atoms with Crippen LogP contribution in [-0.4, -0.2) is 24.5 Å². The first-order valence-corrected chi connectivity index (χ1v) is 10.8. The van der Waals surface area contributed by atoms with Gasteiger partial charge in [-0.1, -0.05) is 59.8 Å². The van der Waals surface area contributed by atoms with Crippen molar-refractivity contribution in [2.75, 3.05) is 4.72 Å². The third kappa shape index (κ3) is 4.96. The second kappa shape index (κ2) is 8.80. The van der Waals surface area contributed by atoms with Crippen molar-refractivity contribution in [2.24, 2.45) is 0 Å². The first-order chi connectivity index (χ1) is 15.0. The van der Waals surface area contributed by atoms with E-state index < -0.39 is 15.9 Å². The molecular formula is C22H18N4O4S. The molecule has 0 aliphatic rings. The van der Waals surface area contributed by atoms with Crippen molar-refractivity contribution in [3.63, 3.8) is 0 Å². The summed E-state index contributed by atoms with van der Waals surface area (Å²) in [5.74, 6) is 0.197. The summed E-state index contributed by atoms with van der Waals surface area (Å²) in [7, 11) is -3.83. The van der Waals surface area contributed by atoms with E-state index in [1.165, 1.54) is 24.3 Å². The summed E-state index contributed by atoms with van der Waals surface area (Å²) >= 11 is 0. The Balaban J connectivity index is 1.43. The zero-order chi connectivity index (χ0) is 21.7. The molecule has 0 aliphatic carbocycles. The van der Waals surface area contributed by atoms with Crippen LogP contribution in [0.25, 0.3) is 11.4 Å². The van der Waals surface area contributed by atoms with Crippen LogP contribution in [-0.2, 0) is 16.6 Å². The molecule has 1 aromatic heterocycles. The monoisotopic (exact) mass is 434 g/mol. The molecule has 8 nitrogen and oxygen atoms in total. The van der Waals surface area contributed by atoms with E-state index in [1.54, 1.807) is 30.3 Å². The molecule has 9 heteroatoms. The average molecular weight is 434 g/mol. The molecule has 1 heterocycles. The summed E-state index contributed by atoms with van der Waals surface area (Å²) in [6.45, 7) is 0.0118. The van der Waals surface area contributed by atoms with Crippen LogP contribution >= 0.6 is 0 Å². The third-order valence-corrected chi connectivity index (χ3v) is 5.71. The van der Waals surface area contributed by atoms with Crippen LogP contribution in [0.5, 0.6) is 0 Å². The number of benzene rings is 3. The Hall–Kier alpha value is -3.98. The second-order valence-electron chi connectivity index (χ2n) is 6.56. The van der Waals surface area contributed by atoms with E-state index in [0.29, 0.717) is 11.5 Å². The number of nitrogens with one attached hydrogen (secondary N) is 2. The Labute approximate surface area is 179 Å². The predicted molar refractivity (Wildman–Crippen MR) is 115 cm³/mol. The highest BCUT2D eigenvalue weighted by atomic mass is 32.2. The molecule has 31 heavy (non-hydrogen) atoms. The fourth-order valence-electron chi connectivity index (χ4n) is 2.81. The van der Waals surface area contributed by atoms with E-state index in [-0.39, 0.29) is 22.9 Å². The number of hydrogen-bond acceptors (Lipinski definition) is 6. The van der Waals surface area contributed by atoms with Crippen LogP contribution in [0.3, 0.4) is 0 Å². The molecule has 0 saturated carbocycles. The number of rotatable bonds is 7. The van der Waals surface area contributed by atoms with Crippen molar-refractivity contribution in [1.29, 1.82) is 0 Å². The maximum absolute atomic E-state index is 12.6. The molecule has 0 saturated heterocycles. The van der Waals surface area contributed by atoms with Gasteiger partial charge in [-0.2, -0.15) is 4.98 Å². The van der Waals surface area contributed by atoms with E-state index in [4.69, 9.17) is 4.52 Å². The van der Waals surface area contributed by atoms with Gasteiger partial charge in [0.25, 0.3) is 15.9 Å². The van der Waals surface area contributed by atoms with E-state index in [9.17, 15) is 13.2 Å². The second-order valence-corrected chi connectivity index (χ2v) is 8.24. The highest BCUT2D eigenvalue weighted by molar-refractivity contribution is 7.92.